The normalized spacial score (nSPS) is 14.7. The van der Waals surface area contributed by atoms with E-state index in [0.717, 1.165) is 21.1 Å². The van der Waals surface area contributed by atoms with E-state index in [1.165, 1.54) is 0 Å². The zero-order valence-corrected chi connectivity index (χ0v) is 16.9. The summed E-state index contributed by atoms with van der Waals surface area (Å²) < 4.78 is 0. The van der Waals surface area contributed by atoms with Crippen LogP contribution in [0.15, 0.2) is 69.4 Å². The minimum absolute atomic E-state index is 0.440. The maximum Gasteiger partial charge on any atom is 0.206 e. The molecule has 0 bridgehead atoms. The highest BCUT2D eigenvalue weighted by atomic mass is 32.1. The first kappa shape index (κ1) is 18.1. The molecule has 0 atom stereocenters. The van der Waals surface area contributed by atoms with Gasteiger partial charge in [-0.05, 0) is 22.9 Å². The van der Waals surface area contributed by atoms with Crippen LogP contribution in [0.25, 0.3) is 26.1 Å². The molecule has 6 nitrogen and oxygen atoms in total. The summed E-state index contributed by atoms with van der Waals surface area (Å²) in [5.41, 5.74) is 4.67. The third kappa shape index (κ3) is 2.83. The molecule has 0 N–H and O–H groups in total. The molecule has 30 heavy (non-hydrogen) atoms. The molecule has 3 aromatic heterocycles. The standard InChI is InChI=1S/C22H10N6S2/c1-24-28-18-14-7-3-2-6-13(14)17(25-12-23)21-22(18)27-20(16-9-5-11-30-16)19(26-21)15-8-4-10-29-15/h2-11H/b25-17?,28-18+. The molecule has 0 spiro atoms. The van der Waals surface area contributed by atoms with Crippen LogP contribution in [0.2, 0.25) is 0 Å². The molecule has 140 valence electrons. The second-order valence-electron chi connectivity index (χ2n) is 6.23. The van der Waals surface area contributed by atoms with Gasteiger partial charge in [-0.1, -0.05) is 36.4 Å². The van der Waals surface area contributed by atoms with E-state index in [0.29, 0.717) is 33.9 Å². The van der Waals surface area contributed by atoms with Gasteiger partial charge >= 0.3 is 0 Å². The summed E-state index contributed by atoms with van der Waals surface area (Å²) in [6, 6.07) is 15.3. The molecule has 0 aliphatic heterocycles. The molecule has 0 saturated carbocycles. The number of hydrogen-bond donors (Lipinski definition) is 0. The highest BCUT2D eigenvalue weighted by Crippen LogP contribution is 2.37. The Bertz CT molecular complexity index is 1290. The predicted octanol–water partition coefficient (Wildman–Crippen LogP) is 5.24. The second kappa shape index (κ2) is 7.45. The van der Waals surface area contributed by atoms with Gasteiger partial charge in [-0.15, -0.1) is 27.6 Å². The van der Waals surface area contributed by atoms with Crippen LogP contribution in [0.4, 0.5) is 0 Å². The van der Waals surface area contributed by atoms with E-state index in [2.05, 4.69) is 15.0 Å². The molecule has 5 rings (SSSR count). The van der Waals surface area contributed by atoms with Gasteiger partial charge in [0.05, 0.1) is 14.9 Å². The fourth-order valence-corrected chi connectivity index (χ4v) is 4.83. The van der Waals surface area contributed by atoms with Crippen molar-refractivity contribution in [1.29, 1.82) is 5.26 Å². The number of fused-ring (bicyclic) bond motifs is 2. The van der Waals surface area contributed by atoms with Gasteiger partial charge in [0.2, 0.25) is 6.19 Å². The van der Waals surface area contributed by atoms with Gasteiger partial charge in [-0.2, -0.15) is 16.8 Å². The summed E-state index contributed by atoms with van der Waals surface area (Å²) in [6.45, 7) is 7.31. The zero-order valence-electron chi connectivity index (χ0n) is 15.3. The minimum atomic E-state index is 0.440. The van der Waals surface area contributed by atoms with E-state index >= 15 is 0 Å². The van der Waals surface area contributed by atoms with Gasteiger partial charge in [-0.3, -0.25) is 0 Å². The quantitative estimate of drug-likeness (QED) is 0.222. The molecule has 4 aromatic rings. The summed E-state index contributed by atoms with van der Waals surface area (Å²) in [5.74, 6) is 0. The van der Waals surface area contributed by atoms with Crippen LogP contribution >= 0.6 is 22.7 Å². The summed E-state index contributed by atoms with van der Waals surface area (Å²) in [6.07, 6.45) is 1.89. The molecule has 8 heteroatoms. The number of rotatable bonds is 2. The number of hydrogen-bond acceptors (Lipinski definition) is 7. The molecule has 1 aliphatic rings. The van der Waals surface area contributed by atoms with Crippen LogP contribution in [0, 0.1) is 18.0 Å². The average Bonchev–Trinajstić information content (AvgIpc) is 3.49. The van der Waals surface area contributed by atoms with Gasteiger partial charge in [0, 0.05) is 11.1 Å². The summed E-state index contributed by atoms with van der Waals surface area (Å²) in [4.78, 5) is 19.1. The van der Waals surface area contributed by atoms with Crippen molar-refractivity contribution in [3.8, 4) is 27.3 Å². The molecule has 0 amide bonds. The van der Waals surface area contributed by atoms with E-state index in [4.69, 9.17) is 16.5 Å². The lowest BCUT2D eigenvalue weighted by atomic mass is 9.88. The van der Waals surface area contributed by atoms with Crippen LogP contribution in [0.3, 0.4) is 0 Å². The highest BCUT2D eigenvalue weighted by Gasteiger charge is 2.33. The number of nitrogens with zero attached hydrogens (tertiary/aromatic N) is 6. The Hall–Kier alpha value is -3.98. The third-order valence-electron chi connectivity index (χ3n) is 4.60. The lowest BCUT2D eigenvalue weighted by molar-refractivity contribution is 1.16. The van der Waals surface area contributed by atoms with Crippen molar-refractivity contribution in [1.82, 2.24) is 9.97 Å². The van der Waals surface area contributed by atoms with Crippen molar-refractivity contribution < 1.29 is 0 Å². The van der Waals surface area contributed by atoms with E-state index in [1.807, 2.05) is 65.5 Å². The monoisotopic (exact) mass is 422 g/mol. The van der Waals surface area contributed by atoms with Crippen molar-refractivity contribution in [2.24, 2.45) is 10.1 Å². The van der Waals surface area contributed by atoms with Crippen LogP contribution in [0.1, 0.15) is 22.5 Å². The molecule has 1 aromatic carbocycles. The Labute approximate surface area is 180 Å². The number of benzene rings is 1. The van der Waals surface area contributed by atoms with E-state index < -0.39 is 0 Å². The van der Waals surface area contributed by atoms with E-state index in [-0.39, 0.29) is 0 Å². The molecule has 0 fully saturated rings. The molecular formula is C22H10N6S2. The largest absolute Gasteiger partial charge is 0.241 e. The lowest BCUT2D eigenvalue weighted by Crippen LogP contribution is -2.25. The first-order chi connectivity index (χ1) is 14.8. The SMILES string of the molecule is [C-]#[N+]/N=C1\c2ccccc2C(=NC#N)c2nc(-c3cccs3)c(-c3cccs3)nc21. The second-order valence-corrected chi connectivity index (χ2v) is 8.12. The van der Waals surface area contributed by atoms with Crippen LogP contribution < -0.4 is 0 Å². The third-order valence-corrected chi connectivity index (χ3v) is 6.36. The zero-order chi connectivity index (χ0) is 20.5. The van der Waals surface area contributed by atoms with Gasteiger partial charge < -0.3 is 0 Å². The summed E-state index contributed by atoms with van der Waals surface area (Å²) >= 11 is 3.14. The van der Waals surface area contributed by atoms with Gasteiger partial charge in [0.15, 0.2) is 5.71 Å². The van der Waals surface area contributed by atoms with Gasteiger partial charge in [0.25, 0.3) is 0 Å². The Balaban J connectivity index is 1.90. The fourth-order valence-electron chi connectivity index (χ4n) is 3.40. The molecular weight excluding hydrogens is 412 g/mol. The minimum Gasteiger partial charge on any atom is -0.241 e. The van der Waals surface area contributed by atoms with Gasteiger partial charge in [-0.25, -0.2) is 9.97 Å². The lowest BCUT2D eigenvalue weighted by Gasteiger charge is -2.20. The Morgan fingerprint density at radius 3 is 1.87 bits per heavy atom. The smallest absolute Gasteiger partial charge is 0.206 e. The van der Waals surface area contributed by atoms with Crippen LogP contribution in [-0.4, -0.2) is 21.4 Å². The molecule has 3 heterocycles. The van der Waals surface area contributed by atoms with E-state index in [1.54, 1.807) is 22.7 Å². The van der Waals surface area contributed by atoms with Crippen molar-refractivity contribution >= 4 is 34.1 Å². The molecule has 0 radical (unpaired) electrons. The Morgan fingerprint density at radius 1 is 0.800 bits per heavy atom. The maximum atomic E-state index is 9.34. The van der Waals surface area contributed by atoms with Crippen molar-refractivity contribution in [3.05, 3.63) is 93.3 Å². The number of aliphatic imine (C=N–C) groups is 1. The van der Waals surface area contributed by atoms with Gasteiger partial charge in [0.1, 0.15) is 28.5 Å². The highest BCUT2D eigenvalue weighted by molar-refractivity contribution is 7.14. The first-order valence-electron chi connectivity index (χ1n) is 8.83. The number of nitriles is 1. The first-order valence-corrected chi connectivity index (χ1v) is 10.6. The predicted molar refractivity (Wildman–Crippen MR) is 119 cm³/mol. The average molecular weight is 422 g/mol. The van der Waals surface area contributed by atoms with Crippen LogP contribution in [0.5, 0.6) is 0 Å². The number of thiophene rings is 2. The summed E-state index contributed by atoms with van der Waals surface area (Å²) in [7, 11) is 0. The van der Waals surface area contributed by atoms with Crippen LogP contribution in [-0.2, 0) is 0 Å². The van der Waals surface area contributed by atoms with Crippen molar-refractivity contribution in [2.75, 3.05) is 0 Å². The van der Waals surface area contributed by atoms with Crippen molar-refractivity contribution in [3.63, 3.8) is 0 Å². The Kier molecular flexibility index (Phi) is 4.49. The maximum absolute atomic E-state index is 9.34. The number of aromatic nitrogens is 2. The molecule has 0 unspecified atom stereocenters. The molecule has 0 saturated heterocycles. The Morgan fingerprint density at radius 2 is 1.37 bits per heavy atom. The topological polar surface area (TPSA) is 78.6 Å². The molecule has 1 aliphatic carbocycles. The van der Waals surface area contributed by atoms with Crippen molar-refractivity contribution in [2.45, 2.75) is 0 Å². The summed E-state index contributed by atoms with van der Waals surface area (Å²) in [5, 5.41) is 17.4. The fraction of sp³-hybridized carbons (Fsp3) is 0. The van der Waals surface area contributed by atoms with E-state index in [9.17, 15) is 5.26 Å².